The molecule has 28 heavy (non-hydrogen) atoms. The number of nitrogen functional groups attached to an aromatic ring is 1. The van der Waals surface area contributed by atoms with Gasteiger partial charge in [-0.15, -0.1) is 0 Å². The largest absolute Gasteiger partial charge is 0.497 e. The van der Waals surface area contributed by atoms with Gasteiger partial charge < -0.3 is 19.9 Å². The van der Waals surface area contributed by atoms with Gasteiger partial charge >= 0.3 is 0 Å². The highest BCUT2D eigenvalue weighted by molar-refractivity contribution is 7.19. The van der Waals surface area contributed by atoms with Crippen LogP contribution in [0.25, 0.3) is 27.8 Å². The molecule has 0 saturated carbocycles. The molecule has 0 aliphatic carbocycles. The van der Waals surface area contributed by atoms with Crippen molar-refractivity contribution in [3.63, 3.8) is 0 Å². The molecule has 5 nitrogen and oxygen atoms in total. The summed E-state index contributed by atoms with van der Waals surface area (Å²) in [4.78, 5) is 5.61. The number of rotatable bonds is 4. The lowest BCUT2D eigenvalue weighted by molar-refractivity contribution is 0.159. The number of methoxy groups -OCH3 is 2. The highest BCUT2D eigenvalue weighted by Crippen LogP contribution is 2.47. The fourth-order valence-electron chi connectivity index (χ4n) is 3.27. The van der Waals surface area contributed by atoms with Crippen LogP contribution in [0.5, 0.6) is 17.2 Å². The van der Waals surface area contributed by atoms with Crippen LogP contribution in [0, 0.1) is 0 Å². The molecule has 3 aromatic rings. The Morgan fingerprint density at radius 2 is 1.93 bits per heavy atom. The van der Waals surface area contributed by atoms with Crippen LogP contribution >= 0.6 is 11.3 Å². The van der Waals surface area contributed by atoms with Gasteiger partial charge in [0, 0.05) is 5.56 Å². The molecule has 1 aliphatic heterocycles. The maximum absolute atomic E-state index is 6.32. The van der Waals surface area contributed by atoms with Gasteiger partial charge in [0.1, 0.15) is 22.8 Å². The van der Waals surface area contributed by atoms with E-state index in [9.17, 15) is 0 Å². The van der Waals surface area contributed by atoms with Gasteiger partial charge in [-0.25, -0.2) is 4.98 Å². The van der Waals surface area contributed by atoms with E-state index in [2.05, 4.69) is 4.98 Å². The summed E-state index contributed by atoms with van der Waals surface area (Å²) < 4.78 is 17.2. The SMILES string of the molecule is COc1cccc(-c2sc(N)nc2-c2ccc(OC)c3c2OC(C)(C)C=C3)c1. The minimum absolute atomic E-state index is 0.425. The topological polar surface area (TPSA) is 66.6 Å². The molecule has 2 aromatic carbocycles. The van der Waals surface area contributed by atoms with Crippen molar-refractivity contribution in [3.8, 4) is 38.9 Å². The number of hydrogen-bond acceptors (Lipinski definition) is 6. The number of nitrogens with two attached hydrogens (primary N) is 1. The first kappa shape index (κ1) is 18.4. The molecule has 2 N–H and O–H groups in total. The third-order valence-electron chi connectivity index (χ3n) is 4.62. The zero-order valence-corrected chi connectivity index (χ0v) is 17.1. The van der Waals surface area contributed by atoms with Gasteiger partial charge in [0.05, 0.1) is 30.4 Å². The van der Waals surface area contributed by atoms with Crippen LogP contribution in [0.3, 0.4) is 0 Å². The maximum atomic E-state index is 6.32. The number of thiazole rings is 1. The van der Waals surface area contributed by atoms with E-state index < -0.39 is 5.60 Å². The Bertz CT molecular complexity index is 1070. The number of hydrogen-bond donors (Lipinski definition) is 1. The van der Waals surface area contributed by atoms with Crippen LogP contribution in [0.2, 0.25) is 0 Å². The van der Waals surface area contributed by atoms with Gasteiger partial charge in [-0.1, -0.05) is 23.5 Å². The molecule has 1 aliphatic rings. The van der Waals surface area contributed by atoms with Gasteiger partial charge in [0.15, 0.2) is 5.13 Å². The van der Waals surface area contributed by atoms with E-state index in [0.717, 1.165) is 44.5 Å². The molecule has 4 rings (SSSR count). The maximum Gasteiger partial charge on any atom is 0.181 e. The Kier molecular flexibility index (Phi) is 4.51. The number of ether oxygens (including phenoxy) is 3. The quantitative estimate of drug-likeness (QED) is 0.654. The summed E-state index contributed by atoms with van der Waals surface area (Å²) in [6, 6.07) is 11.8. The summed E-state index contributed by atoms with van der Waals surface area (Å²) in [5, 5.41) is 0.503. The highest BCUT2D eigenvalue weighted by atomic mass is 32.1. The summed E-state index contributed by atoms with van der Waals surface area (Å²) in [5.41, 5.74) is 9.27. The van der Waals surface area contributed by atoms with Gasteiger partial charge in [-0.3, -0.25) is 0 Å². The fourth-order valence-corrected chi connectivity index (χ4v) is 4.12. The summed E-state index contributed by atoms with van der Waals surface area (Å²) in [6.45, 7) is 4.04. The lowest BCUT2D eigenvalue weighted by atomic mass is 9.96. The first-order valence-corrected chi connectivity index (χ1v) is 9.74. The third kappa shape index (κ3) is 3.20. The summed E-state index contributed by atoms with van der Waals surface area (Å²) >= 11 is 1.45. The predicted molar refractivity (Wildman–Crippen MR) is 114 cm³/mol. The molecule has 0 bridgehead atoms. The van der Waals surface area contributed by atoms with Gasteiger partial charge in [-0.2, -0.15) is 0 Å². The Morgan fingerprint density at radius 1 is 1.11 bits per heavy atom. The molecule has 0 unspecified atom stereocenters. The number of benzene rings is 2. The van der Waals surface area contributed by atoms with Gasteiger partial charge in [0.2, 0.25) is 0 Å². The molecule has 0 amide bonds. The van der Waals surface area contributed by atoms with Crippen molar-refractivity contribution in [2.75, 3.05) is 20.0 Å². The monoisotopic (exact) mass is 394 g/mol. The third-order valence-corrected chi connectivity index (χ3v) is 5.56. The van der Waals surface area contributed by atoms with Crippen molar-refractivity contribution < 1.29 is 14.2 Å². The molecule has 0 fully saturated rings. The lowest BCUT2D eigenvalue weighted by Gasteiger charge is -2.30. The molecule has 0 spiro atoms. The van der Waals surface area contributed by atoms with Crippen molar-refractivity contribution in [1.82, 2.24) is 4.98 Å². The molecule has 2 heterocycles. The van der Waals surface area contributed by atoms with Crippen LogP contribution < -0.4 is 19.9 Å². The minimum Gasteiger partial charge on any atom is -0.497 e. The van der Waals surface area contributed by atoms with E-state index in [1.807, 2.05) is 62.4 Å². The molecule has 0 atom stereocenters. The van der Waals surface area contributed by atoms with Crippen LogP contribution in [0.15, 0.2) is 42.5 Å². The second-order valence-electron chi connectivity index (χ2n) is 7.06. The molecule has 1 aromatic heterocycles. The number of fused-ring (bicyclic) bond motifs is 1. The smallest absolute Gasteiger partial charge is 0.181 e. The Morgan fingerprint density at radius 3 is 2.68 bits per heavy atom. The van der Waals surface area contributed by atoms with E-state index >= 15 is 0 Å². The Hall–Kier alpha value is -2.99. The zero-order valence-electron chi connectivity index (χ0n) is 16.3. The average Bonchev–Trinajstić information content (AvgIpc) is 3.07. The van der Waals surface area contributed by atoms with Crippen molar-refractivity contribution in [2.24, 2.45) is 0 Å². The first-order chi connectivity index (χ1) is 13.4. The molecule has 0 radical (unpaired) electrons. The van der Waals surface area contributed by atoms with E-state index in [0.29, 0.717) is 5.13 Å². The van der Waals surface area contributed by atoms with Crippen molar-refractivity contribution >= 4 is 22.5 Å². The summed E-state index contributed by atoms with van der Waals surface area (Å²) in [7, 11) is 3.31. The Labute approximate surface area is 168 Å². The number of anilines is 1. The zero-order chi connectivity index (χ0) is 19.9. The van der Waals surface area contributed by atoms with Crippen LogP contribution in [0.4, 0.5) is 5.13 Å². The molecular weight excluding hydrogens is 372 g/mol. The average molecular weight is 394 g/mol. The van der Waals surface area contributed by atoms with Crippen molar-refractivity contribution in [2.45, 2.75) is 19.4 Å². The van der Waals surface area contributed by atoms with Crippen LogP contribution in [0.1, 0.15) is 19.4 Å². The molecule has 0 saturated heterocycles. The number of nitrogens with zero attached hydrogens (tertiary/aromatic N) is 1. The van der Waals surface area contributed by atoms with Crippen molar-refractivity contribution in [1.29, 1.82) is 0 Å². The number of aromatic nitrogens is 1. The van der Waals surface area contributed by atoms with Crippen LogP contribution in [-0.2, 0) is 0 Å². The van der Waals surface area contributed by atoms with E-state index in [1.54, 1.807) is 14.2 Å². The lowest BCUT2D eigenvalue weighted by Crippen LogP contribution is -2.28. The van der Waals surface area contributed by atoms with E-state index in [4.69, 9.17) is 19.9 Å². The predicted octanol–water partition coefficient (Wildman–Crippen LogP) is 5.26. The molecule has 6 heteroatoms. The summed E-state index contributed by atoms with van der Waals surface area (Å²) in [6.07, 6.45) is 4.07. The van der Waals surface area contributed by atoms with Crippen molar-refractivity contribution in [3.05, 3.63) is 48.0 Å². The normalized spacial score (nSPS) is 14.3. The van der Waals surface area contributed by atoms with Crippen LogP contribution in [-0.4, -0.2) is 24.8 Å². The highest BCUT2D eigenvalue weighted by Gasteiger charge is 2.28. The molecular formula is C22H22N2O3S. The Balaban J connectivity index is 1.93. The van der Waals surface area contributed by atoms with E-state index in [1.165, 1.54) is 11.3 Å². The second-order valence-corrected chi connectivity index (χ2v) is 8.09. The first-order valence-electron chi connectivity index (χ1n) is 8.92. The standard InChI is InChI=1S/C22H22N2O3S/c1-22(2)11-10-15-17(26-4)9-8-16(19(15)27-22)18-20(28-21(23)24-18)13-6-5-7-14(12-13)25-3/h5-12H,1-4H3,(H2,23,24). The van der Waals surface area contributed by atoms with E-state index in [-0.39, 0.29) is 0 Å². The summed E-state index contributed by atoms with van der Waals surface area (Å²) in [5.74, 6) is 2.30. The van der Waals surface area contributed by atoms with Gasteiger partial charge in [-0.05, 0) is 55.8 Å². The van der Waals surface area contributed by atoms with Gasteiger partial charge in [0.25, 0.3) is 0 Å². The fraction of sp³-hybridized carbons (Fsp3) is 0.227. The molecule has 144 valence electrons. The second kappa shape index (κ2) is 6.87. The minimum atomic E-state index is -0.425.